The fraction of sp³-hybridized carbons (Fsp3) is 0.500. The van der Waals surface area contributed by atoms with Gasteiger partial charge >= 0.3 is 0 Å². The van der Waals surface area contributed by atoms with Gasteiger partial charge in [0.15, 0.2) is 11.5 Å². The number of amides is 1. The number of aromatic nitrogens is 2. The number of likely N-dealkylation sites (tertiary alicyclic amines) is 2. The zero-order chi connectivity index (χ0) is 19.3. The third kappa shape index (κ3) is 2.79. The van der Waals surface area contributed by atoms with Crippen LogP contribution in [0.1, 0.15) is 28.9 Å². The maximum absolute atomic E-state index is 12.9. The molecule has 2 saturated heterocycles. The number of carbonyl (C=O) groups is 1. The molecule has 2 fully saturated rings. The molecule has 0 unspecified atom stereocenters. The van der Waals surface area contributed by atoms with Crippen molar-refractivity contribution in [1.29, 1.82) is 0 Å². The van der Waals surface area contributed by atoms with E-state index in [1.807, 2.05) is 30.3 Å². The van der Waals surface area contributed by atoms with Crippen LogP contribution in [0.3, 0.4) is 0 Å². The van der Waals surface area contributed by atoms with Crippen molar-refractivity contribution < 1.29 is 19.0 Å². The number of benzene rings is 1. The molecule has 3 aliphatic rings. The van der Waals surface area contributed by atoms with E-state index < -0.39 is 0 Å². The zero-order valence-electron chi connectivity index (χ0n) is 16.1. The topological polar surface area (TPSA) is 69.1 Å². The van der Waals surface area contributed by atoms with E-state index in [-0.39, 0.29) is 18.7 Å². The van der Waals surface area contributed by atoms with Gasteiger partial charge in [0.2, 0.25) is 6.79 Å². The van der Waals surface area contributed by atoms with E-state index in [9.17, 15) is 4.79 Å². The lowest BCUT2D eigenvalue weighted by Gasteiger charge is -2.26. The van der Waals surface area contributed by atoms with Gasteiger partial charge in [0, 0.05) is 56.6 Å². The molecule has 0 N–H and O–H groups in total. The quantitative estimate of drug-likeness (QED) is 0.798. The van der Waals surface area contributed by atoms with Crippen molar-refractivity contribution in [2.75, 3.05) is 27.0 Å². The van der Waals surface area contributed by atoms with Gasteiger partial charge in [-0.25, -0.2) is 0 Å². The first kappa shape index (κ1) is 17.4. The summed E-state index contributed by atoms with van der Waals surface area (Å²) in [6, 6.07) is 6.31. The van der Waals surface area contributed by atoms with Gasteiger partial charge < -0.3 is 19.1 Å². The lowest BCUT2D eigenvalue weighted by Crippen LogP contribution is -2.39. The predicted octanol–water partition coefficient (Wildman–Crippen LogP) is 1.65. The summed E-state index contributed by atoms with van der Waals surface area (Å²) in [5, 5.41) is 4.28. The predicted molar refractivity (Wildman–Crippen MR) is 101 cm³/mol. The van der Waals surface area contributed by atoms with Crippen LogP contribution in [0.5, 0.6) is 17.2 Å². The Morgan fingerprint density at radius 1 is 1.21 bits per heavy atom. The average molecular weight is 384 g/mol. The SMILES string of the molecule is COc1cc2c(cc1CN1CC[C@H]3[C@@H]1CCN3C(=O)c1ccn(C)n1)OCO2. The third-order valence-electron chi connectivity index (χ3n) is 6.03. The van der Waals surface area contributed by atoms with Crippen LogP contribution in [0.2, 0.25) is 0 Å². The molecule has 28 heavy (non-hydrogen) atoms. The number of hydrogen-bond donors (Lipinski definition) is 0. The smallest absolute Gasteiger partial charge is 0.274 e. The summed E-state index contributed by atoms with van der Waals surface area (Å²) in [6.45, 7) is 2.76. The highest BCUT2D eigenvalue weighted by Gasteiger charge is 2.45. The van der Waals surface area contributed by atoms with E-state index in [2.05, 4.69) is 10.00 Å². The number of carbonyl (C=O) groups excluding carboxylic acids is 1. The van der Waals surface area contributed by atoms with Crippen molar-refractivity contribution >= 4 is 5.91 Å². The van der Waals surface area contributed by atoms with E-state index in [1.54, 1.807) is 17.9 Å². The van der Waals surface area contributed by atoms with Gasteiger partial charge in [0.05, 0.1) is 7.11 Å². The zero-order valence-corrected chi connectivity index (χ0v) is 16.1. The number of fused-ring (bicyclic) bond motifs is 2. The molecule has 1 aromatic heterocycles. The van der Waals surface area contributed by atoms with Gasteiger partial charge in [0.25, 0.3) is 5.91 Å². The van der Waals surface area contributed by atoms with Crippen LogP contribution >= 0.6 is 0 Å². The van der Waals surface area contributed by atoms with E-state index in [4.69, 9.17) is 14.2 Å². The van der Waals surface area contributed by atoms with Crippen molar-refractivity contribution in [2.45, 2.75) is 31.5 Å². The van der Waals surface area contributed by atoms with Crippen molar-refractivity contribution in [3.05, 3.63) is 35.7 Å². The summed E-state index contributed by atoms with van der Waals surface area (Å²) in [5.74, 6) is 2.35. The summed E-state index contributed by atoms with van der Waals surface area (Å²) >= 11 is 0. The van der Waals surface area contributed by atoms with Crippen LogP contribution in [-0.2, 0) is 13.6 Å². The van der Waals surface area contributed by atoms with E-state index in [0.717, 1.165) is 55.3 Å². The van der Waals surface area contributed by atoms with Gasteiger partial charge in [-0.2, -0.15) is 5.10 Å². The van der Waals surface area contributed by atoms with Gasteiger partial charge in [-0.3, -0.25) is 14.4 Å². The van der Waals surface area contributed by atoms with E-state index in [1.165, 1.54) is 0 Å². The van der Waals surface area contributed by atoms with Crippen molar-refractivity contribution in [1.82, 2.24) is 19.6 Å². The highest BCUT2D eigenvalue weighted by Crippen LogP contribution is 2.40. The molecule has 3 aliphatic heterocycles. The molecule has 1 aromatic carbocycles. The largest absolute Gasteiger partial charge is 0.496 e. The number of hydrogen-bond acceptors (Lipinski definition) is 6. The number of aryl methyl sites for hydroxylation is 1. The van der Waals surface area contributed by atoms with Crippen LogP contribution in [0.25, 0.3) is 0 Å². The first-order chi connectivity index (χ1) is 13.6. The average Bonchev–Trinajstić information content (AvgIpc) is 3.45. The molecular formula is C20H24N4O4. The van der Waals surface area contributed by atoms with Crippen LogP contribution in [0, 0.1) is 0 Å². The number of methoxy groups -OCH3 is 1. The number of nitrogens with zero attached hydrogens (tertiary/aromatic N) is 4. The minimum absolute atomic E-state index is 0.0376. The Hall–Kier alpha value is -2.74. The molecule has 2 aromatic rings. The Kier molecular flexibility index (Phi) is 4.16. The molecule has 0 radical (unpaired) electrons. The molecule has 0 aliphatic carbocycles. The molecule has 8 nitrogen and oxygen atoms in total. The molecule has 0 spiro atoms. The van der Waals surface area contributed by atoms with Crippen molar-refractivity contribution in [2.24, 2.45) is 7.05 Å². The lowest BCUT2D eigenvalue weighted by atomic mass is 10.1. The minimum Gasteiger partial charge on any atom is -0.496 e. The first-order valence-electron chi connectivity index (χ1n) is 9.65. The molecule has 8 heteroatoms. The fourth-order valence-corrected chi connectivity index (χ4v) is 4.70. The standard InChI is InChI=1S/C20H24N4O4/c1-22-6-3-14(21-22)20(25)24-8-5-15-16(24)4-7-23(15)11-13-9-18-19(28-12-27-18)10-17(13)26-2/h3,6,9-10,15-16H,4-5,7-8,11-12H2,1-2H3/t15-,16-/m0/s1. The maximum atomic E-state index is 12.9. The van der Waals surface area contributed by atoms with Crippen LogP contribution in [-0.4, -0.2) is 64.6 Å². The van der Waals surface area contributed by atoms with Crippen LogP contribution in [0.4, 0.5) is 0 Å². The van der Waals surface area contributed by atoms with Gasteiger partial charge in [0.1, 0.15) is 11.4 Å². The summed E-state index contributed by atoms with van der Waals surface area (Å²) < 4.78 is 18.2. The molecule has 2 atom stereocenters. The molecule has 5 rings (SSSR count). The summed E-state index contributed by atoms with van der Waals surface area (Å²) in [6.07, 6.45) is 3.78. The lowest BCUT2D eigenvalue weighted by molar-refractivity contribution is 0.0725. The van der Waals surface area contributed by atoms with Crippen molar-refractivity contribution in [3.8, 4) is 17.2 Å². The van der Waals surface area contributed by atoms with Crippen molar-refractivity contribution in [3.63, 3.8) is 0 Å². The second-order valence-electron chi connectivity index (χ2n) is 7.57. The minimum atomic E-state index is 0.0376. The molecule has 148 valence electrons. The van der Waals surface area contributed by atoms with Gasteiger partial charge in [-0.15, -0.1) is 0 Å². The van der Waals surface area contributed by atoms with Crippen LogP contribution in [0.15, 0.2) is 24.4 Å². The second-order valence-corrected chi connectivity index (χ2v) is 7.57. The molecule has 0 saturated carbocycles. The molecular weight excluding hydrogens is 360 g/mol. The highest BCUT2D eigenvalue weighted by molar-refractivity contribution is 5.92. The molecule has 0 bridgehead atoms. The number of ether oxygens (including phenoxy) is 3. The third-order valence-corrected chi connectivity index (χ3v) is 6.03. The first-order valence-corrected chi connectivity index (χ1v) is 9.65. The van der Waals surface area contributed by atoms with Crippen LogP contribution < -0.4 is 14.2 Å². The Labute approximate surface area is 163 Å². The van der Waals surface area contributed by atoms with Gasteiger partial charge in [-0.05, 0) is 25.0 Å². The highest BCUT2D eigenvalue weighted by atomic mass is 16.7. The summed E-state index contributed by atoms with van der Waals surface area (Å²) in [5.41, 5.74) is 1.61. The fourth-order valence-electron chi connectivity index (χ4n) is 4.70. The summed E-state index contributed by atoms with van der Waals surface area (Å²) in [4.78, 5) is 17.3. The van der Waals surface area contributed by atoms with E-state index >= 15 is 0 Å². The maximum Gasteiger partial charge on any atom is 0.274 e. The summed E-state index contributed by atoms with van der Waals surface area (Å²) in [7, 11) is 3.51. The Morgan fingerprint density at radius 2 is 2.00 bits per heavy atom. The Balaban J connectivity index is 1.33. The Bertz CT molecular complexity index is 912. The normalized spacial score (nSPS) is 23.3. The van der Waals surface area contributed by atoms with E-state index in [0.29, 0.717) is 11.7 Å². The molecule has 4 heterocycles. The Morgan fingerprint density at radius 3 is 2.75 bits per heavy atom. The monoisotopic (exact) mass is 384 g/mol. The number of rotatable bonds is 4. The second kappa shape index (κ2) is 6.70. The van der Waals surface area contributed by atoms with Gasteiger partial charge in [-0.1, -0.05) is 0 Å². The molecule has 1 amide bonds.